The standard InChI is InChI=1S/C10H17NO2/c1-8(9-3-2-4-9)11-13-10-5-6-12-7-10/h9-10H,2-7H2,1H3/b11-8+. The fraction of sp³-hybridized carbons (Fsp3) is 0.900. The number of nitrogens with zero attached hydrogens (tertiary/aromatic N) is 1. The number of hydrogen-bond donors (Lipinski definition) is 0. The van der Waals surface area contributed by atoms with Gasteiger partial charge in [0.15, 0.2) is 6.10 Å². The molecule has 1 saturated carbocycles. The monoisotopic (exact) mass is 183 g/mol. The zero-order valence-electron chi connectivity index (χ0n) is 8.16. The van der Waals surface area contributed by atoms with Gasteiger partial charge in [-0.3, -0.25) is 0 Å². The van der Waals surface area contributed by atoms with E-state index in [0.717, 1.165) is 18.7 Å². The van der Waals surface area contributed by atoms with Gasteiger partial charge in [0.2, 0.25) is 0 Å². The summed E-state index contributed by atoms with van der Waals surface area (Å²) in [6.07, 6.45) is 5.13. The van der Waals surface area contributed by atoms with Crippen molar-refractivity contribution in [3.8, 4) is 0 Å². The lowest BCUT2D eigenvalue weighted by molar-refractivity contribution is 0.0458. The van der Waals surface area contributed by atoms with Gasteiger partial charge in [-0.1, -0.05) is 11.6 Å². The molecule has 74 valence electrons. The smallest absolute Gasteiger partial charge is 0.152 e. The Kier molecular flexibility index (Phi) is 2.83. The molecule has 2 rings (SSSR count). The average molecular weight is 183 g/mol. The van der Waals surface area contributed by atoms with Crippen molar-refractivity contribution in [2.45, 2.75) is 38.7 Å². The number of hydrogen-bond acceptors (Lipinski definition) is 3. The van der Waals surface area contributed by atoms with Gasteiger partial charge in [-0.25, -0.2) is 0 Å². The van der Waals surface area contributed by atoms with Crippen LogP contribution in [0.2, 0.25) is 0 Å². The first-order valence-electron chi connectivity index (χ1n) is 5.14. The molecule has 1 heterocycles. The first-order valence-corrected chi connectivity index (χ1v) is 5.14. The summed E-state index contributed by atoms with van der Waals surface area (Å²) in [7, 11) is 0. The van der Waals surface area contributed by atoms with Crippen molar-refractivity contribution >= 4 is 5.71 Å². The van der Waals surface area contributed by atoms with Gasteiger partial charge in [0.25, 0.3) is 0 Å². The second-order valence-electron chi connectivity index (χ2n) is 3.95. The van der Waals surface area contributed by atoms with E-state index < -0.39 is 0 Å². The van der Waals surface area contributed by atoms with Crippen LogP contribution in [0.4, 0.5) is 0 Å². The Bertz CT molecular complexity index is 193. The molecule has 0 aromatic carbocycles. The number of oxime groups is 1. The minimum absolute atomic E-state index is 0.204. The summed E-state index contributed by atoms with van der Waals surface area (Å²) in [6, 6.07) is 0. The Hall–Kier alpha value is -0.570. The topological polar surface area (TPSA) is 30.8 Å². The van der Waals surface area contributed by atoms with Crippen molar-refractivity contribution in [3.63, 3.8) is 0 Å². The van der Waals surface area contributed by atoms with Crippen molar-refractivity contribution < 1.29 is 9.57 Å². The summed E-state index contributed by atoms with van der Waals surface area (Å²) in [5.41, 5.74) is 1.16. The summed E-state index contributed by atoms with van der Waals surface area (Å²) < 4.78 is 5.20. The largest absolute Gasteiger partial charge is 0.390 e. The van der Waals surface area contributed by atoms with Crippen molar-refractivity contribution in [1.29, 1.82) is 0 Å². The fourth-order valence-electron chi connectivity index (χ4n) is 1.65. The highest BCUT2D eigenvalue weighted by Crippen LogP contribution is 2.27. The highest BCUT2D eigenvalue weighted by molar-refractivity contribution is 5.84. The van der Waals surface area contributed by atoms with E-state index in [1.165, 1.54) is 19.3 Å². The maximum Gasteiger partial charge on any atom is 0.152 e. The lowest BCUT2D eigenvalue weighted by Gasteiger charge is -2.24. The fourth-order valence-corrected chi connectivity index (χ4v) is 1.65. The van der Waals surface area contributed by atoms with Gasteiger partial charge < -0.3 is 9.57 Å². The predicted molar refractivity (Wildman–Crippen MR) is 50.8 cm³/mol. The Morgan fingerprint density at radius 2 is 2.23 bits per heavy atom. The molecule has 2 aliphatic rings. The molecule has 0 radical (unpaired) electrons. The van der Waals surface area contributed by atoms with Crippen LogP contribution in [0.1, 0.15) is 32.6 Å². The van der Waals surface area contributed by atoms with Crippen LogP contribution in [-0.4, -0.2) is 25.0 Å². The van der Waals surface area contributed by atoms with E-state index in [-0.39, 0.29) is 6.10 Å². The zero-order chi connectivity index (χ0) is 9.10. The van der Waals surface area contributed by atoms with E-state index in [2.05, 4.69) is 12.1 Å². The van der Waals surface area contributed by atoms with Crippen LogP contribution in [-0.2, 0) is 9.57 Å². The predicted octanol–water partition coefficient (Wildman–Crippen LogP) is 1.97. The zero-order valence-corrected chi connectivity index (χ0v) is 8.16. The number of ether oxygens (including phenoxy) is 1. The molecular formula is C10H17NO2. The van der Waals surface area contributed by atoms with Crippen LogP contribution in [0.5, 0.6) is 0 Å². The van der Waals surface area contributed by atoms with Gasteiger partial charge in [0, 0.05) is 12.3 Å². The minimum Gasteiger partial charge on any atom is -0.390 e. The average Bonchev–Trinajstić information content (AvgIpc) is 2.49. The maximum absolute atomic E-state index is 5.38. The summed E-state index contributed by atoms with van der Waals surface area (Å²) in [5, 5.41) is 4.16. The van der Waals surface area contributed by atoms with E-state index in [4.69, 9.17) is 9.57 Å². The molecule has 1 aliphatic carbocycles. The molecule has 13 heavy (non-hydrogen) atoms. The molecule has 2 fully saturated rings. The van der Waals surface area contributed by atoms with Gasteiger partial charge in [-0.15, -0.1) is 0 Å². The third-order valence-electron chi connectivity index (χ3n) is 2.93. The van der Waals surface area contributed by atoms with Gasteiger partial charge >= 0.3 is 0 Å². The van der Waals surface area contributed by atoms with Crippen molar-refractivity contribution in [2.75, 3.05) is 13.2 Å². The Balaban J connectivity index is 1.74. The summed E-state index contributed by atoms with van der Waals surface area (Å²) >= 11 is 0. The third kappa shape index (κ3) is 2.21. The highest BCUT2D eigenvalue weighted by Gasteiger charge is 2.22. The van der Waals surface area contributed by atoms with Gasteiger partial charge in [-0.2, -0.15) is 0 Å². The highest BCUT2D eigenvalue weighted by atomic mass is 16.7. The quantitative estimate of drug-likeness (QED) is 0.494. The van der Waals surface area contributed by atoms with Gasteiger partial charge in [-0.05, 0) is 19.8 Å². The summed E-state index contributed by atoms with van der Waals surface area (Å²) in [5.74, 6) is 0.697. The number of rotatable bonds is 3. The van der Waals surface area contributed by atoms with Crippen molar-refractivity contribution in [1.82, 2.24) is 0 Å². The van der Waals surface area contributed by atoms with Crippen LogP contribution in [0, 0.1) is 5.92 Å². The molecular weight excluding hydrogens is 166 g/mol. The van der Waals surface area contributed by atoms with E-state index in [9.17, 15) is 0 Å². The lowest BCUT2D eigenvalue weighted by Crippen LogP contribution is -2.20. The normalized spacial score (nSPS) is 30.2. The molecule has 1 saturated heterocycles. The van der Waals surface area contributed by atoms with Crippen LogP contribution < -0.4 is 0 Å². The Morgan fingerprint density at radius 1 is 1.38 bits per heavy atom. The molecule has 0 amide bonds. The molecule has 1 unspecified atom stereocenters. The molecule has 0 spiro atoms. The first-order chi connectivity index (χ1) is 6.36. The van der Waals surface area contributed by atoms with E-state index in [0.29, 0.717) is 12.5 Å². The van der Waals surface area contributed by atoms with Gasteiger partial charge in [0.1, 0.15) is 0 Å². The second kappa shape index (κ2) is 4.09. The summed E-state index contributed by atoms with van der Waals surface area (Å²) in [4.78, 5) is 5.38. The van der Waals surface area contributed by atoms with Crippen molar-refractivity contribution in [3.05, 3.63) is 0 Å². The Morgan fingerprint density at radius 3 is 2.77 bits per heavy atom. The van der Waals surface area contributed by atoms with Crippen LogP contribution in [0.25, 0.3) is 0 Å². The molecule has 0 bridgehead atoms. The van der Waals surface area contributed by atoms with Crippen molar-refractivity contribution in [2.24, 2.45) is 11.1 Å². The second-order valence-corrected chi connectivity index (χ2v) is 3.95. The Labute approximate surface area is 79.1 Å². The SMILES string of the molecule is C/C(=N\OC1CCOC1)C1CCC1. The van der Waals surface area contributed by atoms with E-state index in [1.54, 1.807) is 0 Å². The molecule has 0 N–H and O–H groups in total. The summed E-state index contributed by atoms with van der Waals surface area (Å²) in [6.45, 7) is 3.60. The first kappa shape index (κ1) is 9.00. The lowest BCUT2D eigenvalue weighted by atomic mass is 9.82. The van der Waals surface area contributed by atoms with Crippen LogP contribution in [0.3, 0.4) is 0 Å². The minimum atomic E-state index is 0.204. The third-order valence-corrected chi connectivity index (χ3v) is 2.93. The molecule has 0 aromatic heterocycles. The van der Waals surface area contributed by atoms with Crippen LogP contribution in [0.15, 0.2) is 5.16 Å². The van der Waals surface area contributed by atoms with Crippen LogP contribution >= 0.6 is 0 Å². The molecule has 3 heteroatoms. The maximum atomic E-state index is 5.38. The van der Waals surface area contributed by atoms with Gasteiger partial charge in [0.05, 0.1) is 18.9 Å². The molecule has 1 aliphatic heterocycles. The molecule has 0 aromatic rings. The van der Waals surface area contributed by atoms with E-state index >= 15 is 0 Å². The molecule has 3 nitrogen and oxygen atoms in total. The van der Waals surface area contributed by atoms with E-state index in [1.807, 2.05) is 0 Å². The molecule has 1 atom stereocenters.